The third-order valence-corrected chi connectivity index (χ3v) is 13.4. The highest BCUT2D eigenvalue weighted by Gasteiger charge is 2.36. The van der Waals surface area contributed by atoms with Crippen LogP contribution in [0.2, 0.25) is 0 Å². The molecule has 0 saturated carbocycles. The van der Waals surface area contributed by atoms with Crippen molar-refractivity contribution < 1.29 is 0 Å². The predicted octanol–water partition coefficient (Wildman–Crippen LogP) is 17.1. The summed E-state index contributed by atoms with van der Waals surface area (Å²) in [6.07, 6.45) is 0. The van der Waals surface area contributed by atoms with E-state index in [0.717, 1.165) is 17.1 Å². The number of anilines is 3. The second-order valence-electron chi connectivity index (χ2n) is 17.3. The fourth-order valence-corrected chi connectivity index (χ4v) is 10.4. The van der Waals surface area contributed by atoms with Gasteiger partial charge in [-0.2, -0.15) is 0 Å². The third-order valence-electron chi connectivity index (χ3n) is 13.4. The molecule has 0 aromatic heterocycles. The lowest BCUT2D eigenvalue weighted by Gasteiger charge is -2.31. The molecule has 0 fully saturated rings. The monoisotopic (exact) mass is 789 g/mol. The van der Waals surface area contributed by atoms with Gasteiger partial charge >= 0.3 is 0 Å². The van der Waals surface area contributed by atoms with E-state index in [4.69, 9.17) is 0 Å². The SMILES string of the molecule is CC1(C)c2ccccc2-c2ccc(N(c3ccc(-c4cccc5ccccc45)cc3)c3cccc(-c4ccc5ccccc5c4)c3-c3cc4ccccc4c4ccccc34)cc21. The van der Waals surface area contributed by atoms with E-state index in [1.807, 2.05) is 0 Å². The molecule has 0 aliphatic heterocycles. The van der Waals surface area contributed by atoms with Crippen LogP contribution in [-0.4, -0.2) is 0 Å². The quantitative estimate of drug-likeness (QED) is 0.152. The highest BCUT2D eigenvalue weighted by Crippen LogP contribution is 2.53. The van der Waals surface area contributed by atoms with Crippen molar-refractivity contribution in [2.45, 2.75) is 19.3 Å². The smallest absolute Gasteiger partial charge is 0.0546 e. The summed E-state index contributed by atoms with van der Waals surface area (Å²) in [6.45, 7) is 4.75. The first-order valence-corrected chi connectivity index (χ1v) is 21.7. The van der Waals surface area contributed by atoms with Crippen LogP contribution < -0.4 is 4.90 Å². The highest BCUT2D eigenvalue weighted by atomic mass is 15.1. The summed E-state index contributed by atoms with van der Waals surface area (Å²) in [5.74, 6) is 0. The Labute approximate surface area is 362 Å². The van der Waals surface area contributed by atoms with Crippen LogP contribution in [0.15, 0.2) is 224 Å². The molecule has 292 valence electrons. The Morgan fingerprint density at radius 3 is 1.73 bits per heavy atom. The van der Waals surface area contributed by atoms with Crippen LogP contribution in [0.25, 0.3) is 87.6 Å². The van der Waals surface area contributed by atoms with Gasteiger partial charge in [0.1, 0.15) is 0 Å². The van der Waals surface area contributed by atoms with Crippen molar-refractivity contribution in [1.29, 1.82) is 0 Å². The van der Waals surface area contributed by atoms with Crippen molar-refractivity contribution in [1.82, 2.24) is 0 Å². The maximum Gasteiger partial charge on any atom is 0.0546 e. The first kappa shape index (κ1) is 36.1. The number of hydrogen-bond acceptors (Lipinski definition) is 1. The van der Waals surface area contributed by atoms with Crippen LogP contribution in [0.5, 0.6) is 0 Å². The normalized spacial score (nSPS) is 12.8. The van der Waals surface area contributed by atoms with Crippen molar-refractivity contribution in [2.24, 2.45) is 0 Å². The van der Waals surface area contributed by atoms with Crippen molar-refractivity contribution in [2.75, 3.05) is 4.90 Å². The molecule has 0 N–H and O–H groups in total. The number of nitrogens with zero attached hydrogens (tertiary/aromatic N) is 1. The van der Waals surface area contributed by atoms with Gasteiger partial charge in [-0.25, -0.2) is 0 Å². The summed E-state index contributed by atoms with van der Waals surface area (Å²) < 4.78 is 0. The Morgan fingerprint density at radius 2 is 0.887 bits per heavy atom. The summed E-state index contributed by atoms with van der Waals surface area (Å²) in [5, 5.41) is 9.94. The van der Waals surface area contributed by atoms with Crippen LogP contribution in [0.4, 0.5) is 17.1 Å². The largest absolute Gasteiger partial charge is 0.310 e. The highest BCUT2D eigenvalue weighted by molar-refractivity contribution is 6.17. The van der Waals surface area contributed by atoms with Crippen LogP contribution in [0.3, 0.4) is 0 Å². The zero-order valence-electron chi connectivity index (χ0n) is 34.8. The van der Waals surface area contributed by atoms with E-state index in [1.54, 1.807) is 0 Å². The summed E-state index contributed by atoms with van der Waals surface area (Å²) in [6, 6.07) is 83.3. The molecule has 0 heterocycles. The van der Waals surface area contributed by atoms with Gasteiger partial charge in [0.25, 0.3) is 0 Å². The van der Waals surface area contributed by atoms with Crippen molar-refractivity contribution >= 4 is 60.2 Å². The maximum absolute atomic E-state index is 2.51. The molecule has 0 amide bonds. The standard InChI is InChI=1S/C61H43N/c1-61(2)57-27-12-11-24-54(57)55-36-35-47(39-58(55)61)62(46-33-31-42(32-34-46)49-25-13-19-41-16-5-7-20-48(41)49)59-28-14-26-51(45-30-29-40-15-3-4-17-43(40)37-45)60(59)56-38-44-18-6-8-21-50(44)52-22-9-10-23-53(52)56/h3-39H,1-2H3. The fraction of sp³-hybridized carbons (Fsp3) is 0.0492. The van der Waals surface area contributed by atoms with Crippen LogP contribution >= 0.6 is 0 Å². The van der Waals surface area contributed by atoms with Crippen molar-refractivity contribution in [3.8, 4) is 44.5 Å². The van der Waals surface area contributed by atoms with Gasteiger partial charge in [0.2, 0.25) is 0 Å². The molecule has 62 heavy (non-hydrogen) atoms. The zero-order valence-corrected chi connectivity index (χ0v) is 34.8. The van der Waals surface area contributed by atoms with Gasteiger partial charge in [0, 0.05) is 22.4 Å². The Balaban J connectivity index is 1.15. The average Bonchev–Trinajstić information content (AvgIpc) is 3.56. The van der Waals surface area contributed by atoms with Crippen molar-refractivity contribution in [3.63, 3.8) is 0 Å². The molecule has 0 saturated heterocycles. The molecule has 1 heteroatoms. The lowest BCUT2D eigenvalue weighted by Crippen LogP contribution is -2.17. The van der Waals surface area contributed by atoms with E-state index in [9.17, 15) is 0 Å². The van der Waals surface area contributed by atoms with E-state index in [1.165, 1.54) is 98.7 Å². The number of hydrogen-bond donors (Lipinski definition) is 0. The fourth-order valence-electron chi connectivity index (χ4n) is 10.4. The molecule has 0 spiro atoms. The average molecular weight is 790 g/mol. The number of rotatable bonds is 6. The second kappa shape index (κ2) is 14.2. The number of benzene rings is 11. The molecular formula is C61H43N. The first-order valence-electron chi connectivity index (χ1n) is 21.7. The molecule has 1 aliphatic rings. The van der Waals surface area contributed by atoms with Gasteiger partial charge in [-0.3, -0.25) is 0 Å². The summed E-state index contributed by atoms with van der Waals surface area (Å²) in [5.41, 5.74) is 15.8. The molecule has 1 nitrogen and oxygen atoms in total. The molecule has 0 bridgehead atoms. The summed E-state index contributed by atoms with van der Waals surface area (Å²) >= 11 is 0. The maximum atomic E-state index is 2.51. The van der Waals surface area contributed by atoms with Crippen molar-refractivity contribution in [3.05, 3.63) is 236 Å². The summed E-state index contributed by atoms with van der Waals surface area (Å²) in [7, 11) is 0. The van der Waals surface area contributed by atoms with Crippen LogP contribution in [-0.2, 0) is 5.41 Å². The molecule has 0 radical (unpaired) electrons. The van der Waals surface area contributed by atoms with E-state index >= 15 is 0 Å². The molecular weight excluding hydrogens is 747 g/mol. The summed E-state index contributed by atoms with van der Waals surface area (Å²) in [4.78, 5) is 2.51. The van der Waals surface area contributed by atoms with Gasteiger partial charge in [-0.15, -0.1) is 0 Å². The minimum Gasteiger partial charge on any atom is -0.310 e. The second-order valence-corrected chi connectivity index (χ2v) is 17.3. The minimum atomic E-state index is -0.157. The third kappa shape index (κ3) is 5.70. The molecule has 0 unspecified atom stereocenters. The van der Waals surface area contributed by atoms with E-state index in [-0.39, 0.29) is 5.41 Å². The molecule has 1 aliphatic carbocycles. The molecule has 11 aromatic rings. The molecule has 12 rings (SSSR count). The van der Waals surface area contributed by atoms with Crippen LogP contribution in [0.1, 0.15) is 25.0 Å². The zero-order chi connectivity index (χ0) is 41.4. The van der Waals surface area contributed by atoms with E-state index in [2.05, 4.69) is 243 Å². The van der Waals surface area contributed by atoms with Crippen LogP contribution in [0, 0.1) is 0 Å². The Kier molecular flexibility index (Phi) is 8.27. The van der Waals surface area contributed by atoms with Gasteiger partial charge in [-0.05, 0) is 136 Å². The van der Waals surface area contributed by atoms with Gasteiger partial charge < -0.3 is 4.90 Å². The van der Waals surface area contributed by atoms with Gasteiger partial charge in [0.15, 0.2) is 0 Å². The molecule has 0 atom stereocenters. The first-order chi connectivity index (χ1) is 30.5. The van der Waals surface area contributed by atoms with Gasteiger partial charge in [0.05, 0.1) is 5.69 Å². The lowest BCUT2D eigenvalue weighted by molar-refractivity contribution is 0.660. The Morgan fingerprint density at radius 1 is 0.306 bits per heavy atom. The minimum absolute atomic E-state index is 0.157. The lowest BCUT2D eigenvalue weighted by atomic mass is 9.82. The topological polar surface area (TPSA) is 3.24 Å². The predicted molar refractivity (Wildman–Crippen MR) is 265 cm³/mol. The Hall–Kier alpha value is -7.74. The number of fused-ring (bicyclic) bond motifs is 8. The Bertz CT molecular complexity index is 3550. The van der Waals surface area contributed by atoms with E-state index in [0.29, 0.717) is 0 Å². The van der Waals surface area contributed by atoms with Gasteiger partial charge in [-0.1, -0.05) is 196 Å². The van der Waals surface area contributed by atoms with E-state index < -0.39 is 0 Å². The molecule has 11 aromatic carbocycles.